The highest BCUT2D eigenvalue weighted by molar-refractivity contribution is 7.18. The van der Waals surface area contributed by atoms with Crippen molar-refractivity contribution in [1.82, 2.24) is 4.90 Å². The fraction of sp³-hybridized carbons (Fsp3) is 0.643. The average molecular weight is 281 g/mol. The summed E-state index contributed by atoms with van der Waals surface area (Å²) in [4.78, 5) is 17.0. The monoisotopic (exact) mass is 281 g/mol. The number of hydrogen-bond donors (Lipinski definition) is 1. The lowest BCUT2D eigenvalue weighted by atomic mass is 10.2. The lowest BCUT2D eigenvalue weighted by Crippen LogP contribution is -2.39. The van der Waals surface area contributed by atoms with Crippen LogP contribution in [0.1, 0.15) is 36.4 Å². The second-order valence-corrected chi connectivity index (χ2v) is 6.33. The van der Waals surface area contributed by atoms with Gasteiger partial charge in [0, 0.05) is 26.1 Å². The van der Waals surface area contributed by atoms with Crippen LogP contribution in [0, 0.1) is 0 Å². The summed E-state index contributed by atoms with van der Waals surface area (Å²) in [5.74, 6) is 0.0636. The molecule has 2 rings (SSSR count). The van der Waals surface area contributed by atoms with E-state index in [2.05, 4.69) is 23.8 Å². The molecule has 106 valence electrons. The number of carbonyl (C=O) groups excluding carboxylic acids is 1. The molecule has 1 aliphatic rings. The Kier molecular flexibility index (Phi) is 4.47. The molecule has 0 aromatic carbocycles. The lowest BCUT2D eigenvalue weighted by molar-refractivity contribution is 0.102. The van der Waals surface area contributed by atoms with Gasteiger partial charge in [0.15, 0.2) is 5.78 Å². The number of thiophene rings is 1. The van der Waals surface area contributed by atoms with Crippen molar-refractivity contribution in [3.63, 3.8) is 0 Å². The fourth-order valence-corrected chi connectivity index (χ4v) is 3.76. The molecular formula is C14H23N3OS. The van der Waals surface area contributed by atoms with Gasteiger partial charge in [-0.25, -0.2) is 0 Å². The highest BCUT2D eigenvalue weighted by Gasteiger charge is 2.24. The van der Waals surface area contributed by atoms with Crippen LogP contribution >= 0.6 is 11.3 Å². The zero-order valence-corrected chi connectivity index (χ0v) is 12.8. The van der Waals surface area contributed by atoms with Gasteiger partial charge < -0.3 is 15.5 Å². The minimum absolute atomic E-state index is 0.0636. The maximum Gasteiger partial charge on any atom is 0.171 e. The Morgan fingerprint density at radius 1 is 1.53 bits per heavy atom. The van der Waals surface area contributed by atoms with Crippen LogP contribution in [0.3, 0.4) is 0 Å². The Morgan fingerprint density at radius 2 is 2.26 bits per heavy atom. The molecule has 1 aromatic rings. The third-order valence-electron chi connectivity index (χ3n) is 3.72. The van der Waals surface area contributed by atoms with Gasteiger partial charge in [-0.15, -0.1) is 11.3 Å². The second kappa shape index (κ2) is 5.92. The molecule has 1 aromatic heterocycles. The lowest BCUT2D eigenvalue weighted by Gasteiger charge is -2.30. The Balaban J connectivity index is 2.27. The van der Waals surface area contributed by atoms with Crippen molar-refractivity contribution in [3.05, 3.63) is 10.9 Å². The summed E-state index contributed by atoms with van der Waals surface area (Å²) < 4.78 is 0. The van der Waals surface area contributed by atoms with E-state index in [1.54, 1.807) is 6.92 Å². The molecule has 1 fully saturated rings. The zero-order valence-electron chi connectivity index (χ0n) is 12.0. The van der Waals surface area contributed by atoms with Crippen molar-refractivity contribution in [2.24, 2.45) is 0 Å². The third-order valence-corrected chi connectivity index (χ3v) is 5.01. The minimum Gasteiger partial charge on any atom is -0.397 e. The van der Waals surface area contributed by atoms with Gasteiger partial charge >= 0.3 is 0 Å². The normalized spacial score (nSPS) is 21.4. The molecule has 5 heteroatoms. The van der Waals surface area contributed by atoms with Crippen molar-refractivity contribution in [1.29, 1.82) is 0 Å². The summed E-state index contributed by atoms with van der Waals surface area (Å²) in [5.41, 5.74) is 6.58. The van der Waals surface area contributed by atoms with E-state index in [0.29, 0.717) is 16.6 Å². The Bertz CT molecular complexity index is 458. The number of nitrogens with zero attached hydrogens (tertiary/aromatic N) is 2. The molecule has 1 saturated heterocycles. The predicted octanol–water partition coefficient (Wildman–Crippen LogP) is 2.45. The van der Waals surface area contributed by atoms with Crippen molar-refractivity contribution in [3.8, 4) is 0 Å². The molecule has 4 nitrogen and oxygen atoms in total. The van der Waals surface area contributed by atoms with Gasteiger partial charge in [-0.3, -0.25) is 4.79 Å². The molecule has 0 aliphatic carbocycles. The first-order valence-corrected chi connectivity index (χ1v) is 7.70. The van der Waals surface area contributed by atoms with Gasteiger partial charge in [-0.1, -0.05) is 6.92 Å². The van der Waals surface area contributed by atoms with Gasteiger partial charge in [0.1, 0.15) is 0 Å². The van der Waals surface area contributed by atoms with E-state index in [0.717, 1.165) is 37.5 Å². The molecule has 19 heavy (non-hydrogen) atoms. The van der Waals surface area contributed by atoms with Crippen LogP contribution in [0.2, 0.25) is 0 Å². The Labute approximate surface area is 119 Å². The van der Waals surface area contributed by atoms with Crippen LogP contribution in [0.4, 0.5) is 10.7 Å². The molecule has 0 saturated carbocycles. The minimum atomic E-state index is 0.0636. The number of likely N-dealkylation sites (N-methyl/N-ethyl adjacent to an activating group) is 1. The van der Waals surface area contributed by atoms with Gasteiger partial charge in [-0.2, -0.15) is 0 Å². The van der Waals surface area contributed by atoms with Crippen LogP contribution in [-0.4, -0.2) is 43.4 Å². The number of nitrogens with two attached hydrogens (primary N) is 1. The van der Waals surface area contributed by atoms with Gasteiger partial charge in [0.05, 0.1) is 15.6 Å². The number of nitrogen functional groups attached to an aromatic ring is 1. The van der Waals surface area contributed by atoms with E-state index in [-0.39, 0.29) is 5.78 Å². The molecule has 1 aliphatic heterocycles. The summed E-state index contributed by atoms with van der Waals surface area (Å²) in [7, 11) is 2.18. The van der Waals surface area contributed by atoms with E-state index < -0.39 is 0 Å². The quantitative estimate of drug-likeness (QED) is 0.865. The number of anilines is 2. The first kappa shape index (κ1) is 14.3. The van der Waals surface area contributed by atoms with Crippen LogP contribution in [-0.2, 0) is 0 Å². The van der Waals surface area contributed by atoms with Crippen LogP contribution in [0.25, 0.3) is 0 Å². The van der Waals surface area contributed by atoms with Gasteiger partial charge in [0.25, 0.3) is 0 Å². The van der Waals surface area contributed by atoms with Gasteiger partial charge in [-0.05, 0) is 32.5 Å². The molecular weight excluding hydrogens is 258 g/mol. The summed E-state index contributed by atoms with van der Waals surface area (Å²) >= 11 is 1.54. The highest BCUT2D eigenvalue weighted by atomic mass is 32.1. The molecule has 0 bridgehead atoms. The van der Waals surface area contributed by atoms with Crippen LogP contribution in [0.15, 0.2) is 6.07 Å². The van der Waals surface area contributed by atoms with E-state index in [9.17, 15) is 4.79 Å². The first-order chi connectivity index (χ1) is 9.02. The number of Topliss-reactive ketones (excluding diaryl/α,β-unsaturated/α-hetero) is 1. The average Bonchev–Trinajstić information content (AvgIpc) is 2.63. The highest BCUT2D eigenvalue weighted by Crippen LogP contribution is 2.34. The van der Waals surface area contributed by atoms with Crippen LogP contribution in [0.5, 0.6) is 0 Å². The van der Waals surface area contributed by atoms with E-state index in [4.69, 9.17) is 5.73 Å². The smallest absolute Gasteiger partial charge is 0.171 e. The van der Waals surface area contributed by atoms with E-state index in [1.165, 1.54) is 11.3 Å². The van der Waals surface area contributed by atoms with Crippen molar-refractivity contribution < 1.29 is 4.79 Å². The summed E-state index contributed by atoms with van der Waals surface area (Å²) in [5, 5.41) is 1.14. The maximum absolute atomic E-state index is 11.5. The topological polar surface area (TPSA) is 49.6 Å². The van der Waals surface area contributed by atoms with Crippen LogP contribution < -0.4 is 10.6 Å². The van der Waals surface area contributed by atoms with E-state index >= 15 is 0 Å². The fourth-order valence-electron chi connectivity index (χ4n) is 2.69. The van der Waals surface area contributed by atoms with Crippen molar-refractivity contribution >= 4 is 27.8 Å². The molecule has 2 N–H and O–H groups in total. The third kappa shape index (κ3) is 3.09. The second-order valence-electron chi connectivity index (χ2n) is 5.30. The summed E-state index contributed by atoms with van der Waals surface area (Å²) in [6, 6.07) is 2.47. The van der Waals surface area contributed by atoms with Crippen molar-refractivity contribution in [2.45, 2.75) is 32.7 Å². The maximum atomic E-state index is 11.5. The molecule has 0 amide bonds. The predicted molar refractivity (Wildman–Crippen MR) is 82.3 cm³/mol. The Morgan fingerprint density at radius 3 is 2.84 bits per heavy atom. The first-order valence-electron chi connectivity index (χ1n) is 6.88. The number of hydrogen-bond acceptors (Lipinski definition) is 5. The van der Waals surface area contributed by atoms with Gasteiger partial charge in [0.2, 0.25) is 0 Å². The molecule has 0 spiro atoms. The molecule has 2 heterocycles. The summed E-state index contributed by atoms with van der Waals surface area (Å²) in [6.07, 6.45) is 2.26. The largest absolute Gasteiger partial charge is 0.397 e. The van der Waals surface area contributed by atoms with Crippen molar-refractivity contribution in [2.75, 3.05) is 37.3 Å². The molecule has 0 radical (unpaired) electrons. The number of rotatable bonds is 3. The molecule has 1 unspecified atom stereocenters. The Hall–Kier alpha value is -1.07. The standard InChI is InChI=1S/C14H23N3OS/c1-4-11-9-16(3)6-5-7-17(11)13-8-12(15)14(19-13)10(2)18/h8,11H,4-7,9,15H2,1-3H3. The number of carbonyl (C=O) groups is 1. The molecule has 1 atom stereocenters. The SMILES string of the molecule is CCC1CN(C)CCCN1c1cc(N)c(C(C)=O)s1. The van der Waals surface area contributed by atoms with E-state index in [1.807, 2.05) is 6.07 Å². The zero-order chi connectivity index (χ0) is 14.0. The number of ketones is 1. The summed E-state index contributed by atoms with van der Waals surface area (Å²) in [6.45, 7) is 7.05.